The van der Waals surface area contributed by atoms with Gasteiger partial charge in [0.05, 0.1) is 19.3 Å². The van der Waals surface area contributed by atoms with Crippen LogP contribution >= 0.6 is 11.6 Å². The smallest absolute Gasteiger partial charge is 0.218 e. The lowest BCUT2D eigenvalue weighted by atomic mass is 10.0. The number of hydrogen-bond acceptors (Lipinski definition) is 5. The molecule has 0 aromatic heterocycles. The van der Waals surface area contributed by atoms with Crippen LogP contribution in [0, 0.1) is 0 Å². The van der Waals surface area contributed by atoms with Gasteiger partial charge in [0.2, 0.25) is 10.0 Å². The molecular weight excluding hydrogens is 316 g/mol. The molecule has 1 saturated heterocycles. The van der Waals surface area contributed by atoms with Crippen molar-refractivity contribution in [3.8, 4) is 0 Å². The van der Waals surface area contributed by atoms with Crippen molar-refractivity contribution < 1.29 is 18.0 Å². The van der Waals surface area contributed by atoms with E-state index in [1.165, 1.54) is 7.11 Å². The predicted molar refractivity (Wildman–Crippen MR) is 80.5 cm³/mol. The fraction of sp³-hybridized carbons (Fsp3) is 0.538. The Morgan fingerprint density at radius 3 is 2.71 bits per heavy atom. The van der Waals surface area contributed by atoms with E-state index in [9.17, 15) is 8.42 Å². The van der Waals surface area contributed by atoms with E-state index in [0.717, 1.165) is 5.56 Å². The van der Waals surface area contributed by atoms with Gasteiger partial charge < -0.3 is 4.74 Å². The zero-order valence-corrected chi connectivity index (χ0v) is 13.5. The van der Waals surface area contributed by atoms with E-state index in [1.807, 2.05) is 12.1 Å². The first kappa shape index (κ1) is 16.7. The highest BCUT2D eigenvalue weighted by atomic mass is 35.5. The molecule has 0 saturated carbocycles. The highest BCUT2D eigenvalue weighted by molar-refractivity contribution is 7.90. The molecule has 1 aromatic rings. The molecule has 6 nitrogen and oxygen atoms in total. The first-order valence-corrected chi connectivity index (χ1v) is 8.47. The molecule has 0 radical (unpaired) electrons. The fourth-order valence-electron chi connectivity index (χ4n) is 2.33. The summed E-state index contributed by atoms with van der Waals surface area (Å²) in [6.07, 6.45) is 0. The molecule has 0 spiro atoms. The van der Waals surface area contributed by atoms with Gasteiger partial charge in [0.1, 0.15) is 5.25 Å². The van der Waals surface area contributed by atoms with Gasteiger partial charge in [-0.3, -0.25) is 4.84 Å². The summed E-state index contributed by atoms with van der Waals surface area (Å²) in [6, 6.07) is 6.74. The first-order chi connectivity index (χ1) is 9.95. The van der Waals surface area contributed by atoms with Gasteiger partial charge in [-0.15, -0.1) is 0 Å². The zero-order valence-electron chi connectivity index (χ0n) is 12.0. The molecule has 1 N–H and O–H groups in total. The number of ether oxygens (including phenoxy) is 1. The summed E-state index contributed by atoms with van der Waals surface area (Å²) in [5.74, 6) is 0. The molecule has 21 heavy (non-hydrogen) atoms. The van der Waals surface area contributed by atoms with Crippen LogP contribution in [0.3, 0.4) is 0 Å². The van der Waals surface area contributed by atoms with Crippen LogP contribution < -0.4 is 4.72 Å². The van der Waals surface area contributed by atoms with Crippen LogP contribution in [0.1, 0.15) is 11.6 Å². The third kappa shape index (κ3) is 3.94. The largest absolute Gasteiger partial charge is 0.383 e. The summed E-state index contributed by atoms with van der Waals surface area (Å²) in [5, 5.41) is 1.50. The van der Waals surface area contributed by atoms with Crippen molar-refractivity contribution in [1.29, 1.82) is 0 Å². The Kier molecular flexibility index (Phi) is 5.59. The lowest BCUT2D eigenvalue weighted by Gasteiger charge is -2.23. The van der Waals surface area contributed by atoms with E-state index in [-0.39, 0.29) is 19.2 Å². The van der Waals surface area contributed by atoms with Crippen molar-refractivity contribution in [2.45, 2.75) is 11.3 Å². The fourth-order valence-corrected chi connectivity index (χ4v) is 3.95. The average molecular weight is 335 g/mol. The topological polar surface area (TPSA) is 67.9 Å². The summed E-state index contributed by atoms with van der Waals surface area (Å²) in [4.78, 5) is 5.41. The number of nitrogens with zero attached hydrogens (tertiary/aromatic N) is 1. The zero-order chi connectivity index (χ0) is 15.5. The molecule has 1 aliphatic heterocycles. The normalized spacial score (nSPS) is 23.6. The van der Waals surface area contributed by atoms with Gasteiger partial charge in [-0.25, -0.2) is 13.1 Å². The maximum Gasteiger partial charge on any atom is 0.218 e. The lowest BCUT2D eigenvalue weighted by molar-refractivity contribution is -0.110. The van der Waals surface area contributed by atoms with Gasteiger partial charge in [-0.1, -0.05) is 23.7 Å². The molecule has 0 bridgehead atoms. The summed E-state index contributed by atoms with van der Waals surface area (Å²) < 4.78 is 32.2. The van der Waals surface area contributed by atoms with E-state index < -0.39 is 15.3 Å². The monoisotopic (exact) mass is 334 g/mol. The molecule has 1 aliphatic rings. The number of nitrogens with one attached hydrogen (secondary N) is 1. The third-order valence-electron chi connectivity index (χ3n) is 3.41. The van der Waals surface area contributed by atoms with Crippen LogP contribution in [-0.2, 0) is 19.6 Å². The summed E-state index contributed by atoms with van der Waals surface area (Å²) in [7, 11) is -0.251. The maximum atomic E-state index is 12.4. The third-order valence-corrected chi connectivity index (χ3v) is 5.46. The minimum absolute atomic E-state index is 0.117. The highest BCUT2D eigenvalue weighted by Gasteiger charge is 2.42. The van der Waals surface area contributed by atoms with Gasteiger partial charge in [0.15, 0.2) is 0 Å². The van der Waals surface area contributed by atoms with Crippen LogP contribution in [-0.4, -0.2) is 52.6 Å². The molecular formula is C13H19ClN2O4S. The minimum Gasteiger partial charge on any atom is -0.383 e. The molecule has 118 valence electrons. The van der Waals surface area contributed by atoms with E-state index in [2.05, 4.69) is 4.72 Å². The molecule has 1 aromatic carbocycles. The number of halogens is 1. The average Bonchev–Trinajstić information content (AvgIpc) is 2.83. The Bertz CT molecular complexity index is 564. The van der Waals surface area contributed by atoms with Crippen molar-refractivity contribution in [1.82, 2.24) is 9.79 Å². The molecule has 0 aliphatic carbocycles. The van der Waals surface area contributed by atoms with E-state index in [1.54, 1.807) is 24.2 Å². The van der Waals surface area contributed by atoms with Crippen LogP contribution in [0.5, 0.6) is 0 Å². The lowest BCUT2D eigenvalue weighted by Crippen LogP contribution is -2.40. The van der Waals surface area contributed by atoms with Gasteiger partial charge >= 0.3 is 0 Å². The molecule has 0 amide bonds. The Hall–Kier alpha value is -0.700. The van der Waals surface area contributed by atoms with Crippen LogP contribution in [0.15, 0.2) is 24.3 Å². The van der Waals surface area contributed by atoms with Crippen molar-refractivity contribution in [2.24, 2.45) is 0 Å². The van der Waals surface area contributed by atoms with Gasteiger partial charge in [-0.2, -0.15) is 5.06 Å². The van der Waals surface area contributed by atoms with Crippen molar-refractivity contribution in [3.05, 3.63) is 34.9 Å². The van der Waals surface area contributed by atoms with Crippen molar-refractivity contribution in [2.75, 3.05) is 33.9 Å². The Morgan fingerprint density at radius 2 is 2.10 bits per heavy atom. The number of sulfonamides is 1. The van der Waals surface area contributed by atoms with E-state index in [4.69, 9.17) is 21.2 Å². The second kappa shape index (κ2) is 7.04. The number of hydrogen-bond donors (Lipinski definition) is 1. The number of benzene rings is 1. The number of methoxy groups -OCH3 is 1. The minimum atomic E-state index is -3.50. The van der Waals surface area contributed by atoms with Gasteiger partial charge in [0, 0.05) is 25.7 Å². The van der Waals surface area contributed by atoms with E-state index >= 15 is 0 Å². The molecule has 8 heteroatoms. The summed E-state index contributed by atoms with van der Waals surface area (Å²) in [5.41, 5.74) is 0.849. The van der Waals surface area contributed by atoms with Gasteiger partial charge in [0.25, 0.3) is 0 Å². The van der Waals surface area contributed by atoms with Crippen molar-refractivity contribution in [3.63, 3.8) is 0 Å². The van der Waals surface area contributed by atoms with Crippen molar-refractivity contribution >= 4 is 21.6 Å². The van der Waals surface area contributed by atoms with Crippen LogP contribution in [0.25, 0.3) is 0 Å². The van der Waals surface area contributed by atoms with Gasteiger partial charge in [-0.05, 0) is 17.7 Å². The molecule has 2 rings (SSSR count). The standard InChI is InChI=1S/C13H19ClN2O4S/c1-16-13(10-3-5-11(14)6-4-10)12(9-20-16)21(17,18)15-7-8-19-2/h3-6,12-13,15H,7-9H2,1-2H3. The molecule has 2 unspecified atom stereocenters. The van der Waals surface area contributed by atoms with Crippen LogP contribution in [0.2, 0.25) is 5.02 Å². The number of hydroxylamine groups is 2. The second-order valence-electron chi connectivity index (χ2n) is 4.81. The SMILES string of the molecule is COCCNS(=O)(=O)C1CON(C)C1c1ccc(Cl)cc1. The maximum absolute atomic E-state index is 12.4. The Morgan fingerprint density at radius 1 is 1.43 bits per heavy atom. The first-order valence-electron chi connectivity index (χ1n) is 6.54. The summed E-state index contributed by atoms with van der Waals surface area (Å²) in [6.45, 7) is 0.687. The Labute approximate surface area is 130 Å². The predicted octanol–water partition coefficient (Wildman–Crippen LogP) is 1.19. The molecule has 1 heterocycles. The van der Waals surface area contributed by atoms with Crippen LogP contribution in [0.4, 0.5) is 0 Å². The molecule has 1 fully saturated rings. The second-order valence-corrected chi connectivity index (χ2v) is 7.23. The Balaban J connectivity index is 2.20. The van der Waals surface area contributed by atoms with E-state index in [0.29, 0.717) is 11.6 Å². The number of rotatable bonds is 6. The summed E-state index contributed by atoms with van der Waals surface area (Å²) >= 11 is 5.88. The highest BCUT2D eigenvalue weighted by Crippen LogP contribution is 2.33. The quantitative estimate of drug-likeness (QED) is 0.792. The molecule has 2 atom stereocenters.